The summed E-state index contributed by atoms with van der Waals surface area (Å²) in [6.07, 6.45) is 6.28. The van der Waals surface area contributed by atoms with E-state index in [1.165, 1.54) is 32.1 Å². The van der Waals surface area contributed by atoms with Crippen molar-refractivity contribution in [1.29, 1.82) is 0 Å². The van der Waals surface area contributed by atoms with Crippen LogP contribution in [0.1, 0.15) is 70.6 Å². The van der Waals surface area contributed by atoms with Gasteiger partial charge in [0.15, 0.2) is 11.7 Å². The third-order valence-corrected chi connectivity index (χ3v) is 5.85. The van der Waals surface area contributed by atoms with Crippen LogP contribution in [0.25, 0.3) is 0 Å². The quantitative estimate of drug-likeness (QED) is 0.145. The summed E-state index contributed by atoms with van der Waals surface area (Å²) in [7, 11) is 0. The van der Waals surface area contributed by atoms with Crippen molar-refractivity contribution in [3.63, 3.8) is 0 Å². The van der Waals surface area contributed by atoms with Gasteiger partial charge < -0.3 is 47.0 Å². The molecule has 10 N–H and O–H groups in total. The van der Waals surface area contributed by atoms with E-state index in [0.29, 0.717) is 6.42 Å². The van der Waals surface area contributed by atoms with E-state index in [1.807, 2.05) is 0 Å². The summed E-state index contributed by atoms with van der Waals surface area (Å²) in [5, 5.41) is 51.3. The minimum absolute atomic E-state index is 0. The van der Waals surface area contributed by atoms with Crippen LogP contribution in [0.2, 0.25) is 0 Å². The van der Waals surface area contributed by atoms with E-state index in [2.05, 4.69) is 4.90 Å². The van der Waals surface area contributed by atoms with Gasteiger partial charge in [-0.05, 0) is 58.2 Å². The number of aliphatic carboxylic acids is 4. The third-order valence-electron chi connectivity index (χ3n) is 5.85. The Morgan fingerprint density at radius 1 is 0.833 bits per heavy atom. The van der Waals surface area contributed by atoms with E-state index in [-0.39, 0.29) is 33.1 Å². The second kappa shape index (κ2) is 19.5. The Balaban J connectivity index is 0. The molecule has 2 fully saturated rings. The summed E-state index contributed by atoms with van der Waals surface area (Å²) in [4.78, 5) is 43.1. The van der Waals surface area contributed by atoms with Crippen molar-refractivity contribution >= 4 is 23.9 Å². The maximum absolute atomic E-state index is 10.3. The van der Waals surface area contributed by atoms with Crippen LogP contribution >= 0.6 is 0 Å². The Labute approximate surface area is 225 Å². The Hall–Kier alpha value is -1.63. The summed E-state index contributed by atoms with van der Waals surface area (Å²) in [6.45, 7) is 3.18. The molecule has 0 aromatic carbocycles. The van der Waals surface area contributed by atoms with E-state index < -0.39 is 48.4 Å². The van der Waals surface area contributed by atoms with Gasteiger partial charge in [-0.15, -0.1) is 0 Å². The van der Waals surface area contributed by atoms with Crippen molar-refractivity contribution in [3.8, 4) is 0 Å². The SMILES string of the molecule is NC1CCCCC1N.O=C(O)C(O)CCCN1CCCCC1.O=C(O)CC(O)(CC(=O)O)C(=O)O.[Pt+2]. The van der Waals surface area contributed by atoms with Crippen LogP contribution < -0.4 is 11.5 Å². The predicted molar refractivity (Wildman–Crippen MR) is 125 cm³/mol. The van der Waals surface area contributed by atoms with Crippen LogP contribution in [-0.4, -0.2) is 103 Å². The molecule has 36 heavy (non-hydrogen) atoms. The molecule has 2 rings (SSSR count). The zero-order chi connectivity index (χ0) is 27.0. The van der Waals surface area contributed by atoms with E-state index in [1.54, 1.807) is 0 Å². The molecule has 212 valence electrons. The van der Waals surface area contributed by atoms with Crippen molar-refractivity contribution in [2.75, 3.05) is 19.6 Å². The molecule has 0 aromatic rings. The number of nitrogens with two attached hydrogens (primary N) is 2. The van der Waals surface area contributed by atoms with Gasteiger partial charge in [-0.25, -0.2) is 9.59 Å². The Kier molecular flexibility index (Phi) is 19.8. The smallest absolute Gasteiger partial charge is 0.481 e. The fraction of sp³-hybridized carbons (Fsp3) is 0.818. The van der Waals surface area contributed by atoms with Gasteiger partial charge in [0.25, 0.3) is 0 Å². The summed E-state index contributed by atoms with van der Waals surface area (Å²) in [5.74, 6) is -6.13. The first kappa shape index (κ1) is 36.5. The monoisotopic (exact) mass is 702 g/mol. The van der Waals surface area contributed by atoms with Crippen LogP contribution in [0.15, 0.2) is 0 Å². The minimum Gasteiger partial charge on any atom is -0.481 e. The molecular formula is C22H41N3O10Pt+2. The number of nitrogens with zero attached hydrogens (tertiary/aromatic N) is 1. The number of likely N-dealkylation sites (tertiary alicyclic amines) is 1. The molecule has 2 aliphatic rings. The number of piperidine rings is 1. The first-order valence-electron chi connectivity index (χ1n) is 11.8. The summed E-state index contributed by atoms with van der Waals surface area (Å²) in [6, 6.07) is 0.562. The van der Waals surface area contributed by atoms with Crippen molar-refractivity contribution in [1.82, 2.24) is 4.90 Å². The van der Waals surface area contributed by atoms with Crippen LogP contribution in [-0.2, 0) is 40.2 Å². The zero-order valence-corrected chi connectivity index (χ0v) is 22.6. The van der Waals surface area contributed by atoms with E-state index in [0.717, 1.165) is 38.9 Å². The van der Waals surface area contributed by atoms with Gasteiger partial charge >= 0.3 is 44.9 Å². The molecule has 1 saturated carbocycles. The van der Waals surface area contributed by atoms with Crippen molar-refractivity contribution in [2.45, 2.75) is 94.4 Å². The van der Waals surface area contributed by atoms with E-state index in [9.17, 15) is 19.2 Å². The number of carboxylic acid groups (broad SMARTS) is 4. The molecule has 13 nitrogen and oxygen atoms in total. The molecule has 0 spiro atoms. The standard InChI is InChI=1S/C10H19NO3.C6H14N2.C6H8O7.Pt/c12-9(10(13)14)5-4-8-11-6-2-1-3-7-11;7-5-3-1-2-4-6(5)8;7-3(8)1-6(13,5(11)12)2-4(9)10;/h9,12H,1-8H2,(H,13,14);5-6H,1-4,7-8H2;13H,1-2H2,(H,7,8)(H,9,10)(H,11,12);/q;;;+2. The van der Waals surface area contributed by atoms with Gasteiger partial charge in [0.05, 0.1) is 12.8 Å². The third kappa shape index (κ3) is 16.9. The molecule has 1 aliphatic carbocycles. The molecular weight excluding hydrogens is 661 g/mol. The fourth-order valence-corrected chi connectivity index (χ4v) is 3.72. The van der Waals surface area contributed by atoms with Gasteiger partial charge in [0, 0.05) is 12.1 Å². The van der Waals surface area contributed by atoms with Gasteiger partial charge in [0.2, 0.25) is 0 Å². The van der Waals surface area contributed by atoms with E-state index in [4.69, 9.17) is 42.1 Å². The van der Waals surface area contributed by atoms with E-state index >= 15 is 0 Å². The van der Waals surface area contributed by atoms with Crippen LogP contribution in [0.3, 0.4) is 0 Å². The molecule has 0 radical (unpaired) electrons. The summed E-state index contributed by atoms with van der Waals surface area (Å²) < 4.78 is 0. The molecule has 0 amide bonds. The van der Waals surface area contributed by atoms with Crippen molar-refractivity contribution in [3.05, 3.63) is 0 Å². The number of carbonyl (C=O) groups is 4. The number of aliphatic hydroxyl groups excluding tert-OH is 1. The molecule has 1 heterocycles. The van der Waals surface area contributed by atoms with Gasteiger partial charge in [-0.1, -0.05) is 19.3 Å². The Morgan fingerprint density at radius 2 is 1.28 bits per heavy atom. The Morgan fingerprint density at radius 3 is 1.61 bits per heavy atom. The molecule has 1 saturated heterocycles. The number of aliphatic hydroxyl groups is 2. The molecule has 3 unspecified atom stereocenters. The predicted octanol–water partition coefficient (Wildman–Crippen LogP) is -0.338. The second-order valence-electron chi connectivity index (χ2n) is 8.99. The number of hydrogen-bond acceptors (Lipinski definition) is 9. The second-order valence-corrected chi connectivity index (χ2v) is 8.99. The number of hydrogen-bond donors (Lipinski definition) is 8. The topological polar surface area (TPSA) is 245 Å². The molecule has 3 atom stereocenters. The molecule has 14 heteroatoms. The van der Waals surface area contributed by atoms with Gasteiger partial charge in [-0.2, -0.15) is 0 Å². The summed E-state index contributed by atoms with van der Waals surface area (Å²) >= 11 is 0. The first-order valence-corrected chi connectivity index (χ1v) is 11.8. The van der Waals surface area contributed by atoms with Crippen LogP contribution in [0, 0.1) is 0 Å². The average Bonchev–Trinajstić information content (AvgIpc) is 2.76. The number of carboxylic acids is 4. The Bertz CT molecular complexity index is 650. The molecule has 1 aliphatic heterocycles. The largest absolute Gasteiger partial charge is 2.00 e. The number of rotatable bonds is 10. The van der Waals surface area contributed by atoms with Gasteiger partial charge in [-0.3, -0.25) is 9.59 Å². The normalized spacial score (nSPS) is 20.8. The van der Waals surface area contributed by atoms with Crippen LogP contribution in [0.4, 0.5) is 0 Å². The van der Waals surface area contributed by atoms with Crippen molar-refractivity contribution < 1.29 is 70.9 Å². The summed E-state index contributed by atoms with van der Waals surface area (Å²) in [5.41, 5.74) is 8.57. The first-order chi connectivity index (χ1) is 16.3. The van der Waals surface area contributed by atoms with Gasteiger partial charge in [0.1, 0.15) is 0 Å². The fourth-order valence-electron chi connectivity index (χ4n) is 3.72. The molecule has 0 bridgehead atoms. The maximum Gasteiger partial charge on any atom is 2.00 e. The molecule has 0 aromatic heterocycles. The average molecular weight is 703 g/mol. The van der Waals surface area contributed by atoms with Crippen molar-refractivity contribution in [2.24, 2.45) is 11.5 Å². The van der Waals surface area contributed by atoms with Crippen LogP contribution in [0.5, 0.6) is 0 Å². The minimum atomic E-state index is -2.74. The maximum atomic E-state index is 10.3. The zero-order valence-electron chi connectivity index (χ0n) is 20.4.